The predicted octanol–water partition coefficient (Wildman–Crippen LogP) is 6.66. The third-order valence-electron chi connectivity index (χ3n) is 9.32. The molecular weight excluding hydrogens is 524 g/mol. The second-order valence-corrected chi connectivity index (χ2v) is 12.9. The molecule has 2 aliphatic rings. The SMILES string of the molecule is C=CCN1CCC2(c3cccc(O)c3)CC(N(CC(C)C)C(=O)CCCCCc3ccccc3)CCC2(OC(C)=O)C1. The number of fused-ring (bicyclic) bond motifs is 1. The van der Waals surface area contributed by atoms with Gasteiger partial charge in [-0.2, -0.15) is 0 Å². The summed E-state index contributed by atoms with van der Waals surface area (Å²) in [6.45, 7) is 12.7. The molecule has 0 radical (unpaired) electrons. The van der Waals surface area contributed by atoms with E-state index in [0.29, 0.717) is 38.3 Å². The first-order valence-electron chi connectivity index (χ1n) is 15.8. The minimum absolute atomic E-state index is 0.0428. The normalized spacial score (nSPS) is 24.1. The smallest absolute Gasteiger partial charge is 0.303 e. The quantitative estimate of drug-likeness (QED) is 0.165. The van der Waals surface area contributed by atoms with Gasteiger partial charge in [-0.25, -0.2) is 0 Å². The number of aromatic hydroxyl groups is 1. The van der Waals surface area contributed by atoms with Crippen LogP contribution in [-0.4, -0.2) is 64.6 Å². The zero-order chi connectivity index (χ0) is 30.2. The molecule has 1 saturated heterocycles. The minimum Gasteiger partial charge on any atom is -0.508 e. The van der Waals surface area contributed by atoms with Crippen LogP contribution in [0.1, 0.15) is 83.3 Å². The van der Waals surface area contributed by atoms with Crippen molar-refractivity contribution in [1.29, 1.82) is 0 Å². The minimum atomic E-state index is -0.742. The lowest BCUT2D eigenvalue weighted by Crippen LogP contribution is -2.68. The third-order valence-corrected chi connectivity index (χ3v) is 9.32. The van der Waals surface area contributed by atoms with E-state index in [1.54, 1.807) is 6.07 Å². The highest BCUT2D eigenvalue weighted by atomic mass is 16.6. The van der Waals surface area contributed by atoms with Crippen LogP contribution in [0, 0.1) is 5.92 Å². The molecule has 0 spiro atoms. The number of amides is 1. The molecule has 0 bridgehead atoms. The number of phenols is 1. The van der Waals surface area contributed by atoms with E-state index in [4.69, 9.17) is 4.74 Å². The number of ether oxygens (including phenoxy) is 1. The maximum absolute atomic E-state index is 13.8. The van der Waals surface area contributed by atoms with Crippen LogP contribution in [0.3, 0.4) is 0 Å². The highest BCUT2D eigenvalue weighted by molar-refractivity contribution is 5.76. The predicted molar refractivity (Wildman–Crippen MR) is 168 cm³/mol. The van der Waals surface area contributed by atoms with Gasteiger partial charge in [-0.15, -0.1) is 6.58 Å². The maximum atomic E-state index is 13.8. The average molecular weight is 575 g/mol. The van der Waals surface area contributed by atoms with Crippen LogP contribution in [0.2, 0.25) is 0 Å². The second-order valence-electron chi connectivity index (χ2n) is 12.9. The van der Waals surface area contributed by atoms with Crippen molar-refractivity contribution in [2.45, 2.75) is 95.6 Å². The monoisotopic (exact) mass is 574 g/mol. The Labute approximate surface area is 252 Å². The molecule has 1 heterocycles. The van der Waals surface area contributed by atoms with Crippen molar-refractivity contribution in [3.8, 4) is 5.75 Å². The van der Waals surface area contributed by atoms with E-state index in [1.807, 2.05) is 24.3 Å². The number of piperidine rings is 1. The molecule has 2 fully saturated rings. The third kappa shape index (κ3) is 7.44. The van der Waals surface area contributed by atoms with E-state index < -0.39 is 11.0 Å². The van der Waals surface area contributed by atoms with Crippen molar-refractivity contribution in [3.05, 3.63) is 78.4 Å². The number of unbranched alkanes of at least 4 members (excludes halogenated alkanes) is 2. The zero-order valence-electron chi connectivity index (χ0n) is 25.9. The van der Waals surface area contributed by atoms with Gasteiger partial charge in [0.15, 0.2) is 0 Å². The summed E-state index contributed by atoms with van der Waals surface area (Å²) >= 11 is 0. The van der Waals surface area contributed by atoms with Gasteiger partial charge in [-0.05, 0) is 80.7 Å². The van der Waals surface area contributed by atoms with Gasteiger partial charge in [0.1, 0.15) is 11.4 Å². The lowest BCUT2D eigenvalue weighted by molar-refractivity contribution is -0.190. The van der Waals surface area contributed by atoms with Crippen molar-refractivity contribution >= 4 is 11.9 Å². The highest BCUT2D eigenvalue weighted by Crippen LogP contribution is 2.55. The van der Waals surface area contributed by atoms with E-state index in [1.165, 1.54) is 12.5 Å². The lowest BCUT2D eigenvalue weighted by Gasteiger charge is -2.60. The van der Waals surface area contributed by atoms with Gasteiger partial charge in [0.05, 0.1) is 0 Å². The summed E-state index contributed by atoms with van der Waals surface area (Å²) in [5.41, 5.74) is 1.09. The summed E-state index contributed by atoms with van der Waals surface area (Å²) in [5, 5.41) is 10.5. The molecule has 2 aromatic rings. The Hall–Kier alpha value is -3.12. The Bertz CT molecular complexity index is 1200. The standard InChI is InChI=1S/C36H50N2O4/c1-5-22-37-23-21-35(31-16-12-17-33(40)24-31)25-32(19-20-36(35,27-37)42-29(4)39)38(26-28(2)3)34(41)18-11-7-10-15-30-13-8-6-9-14-30/h5-6,8-9,12-14,16-17,24,28,32,40H,1,7,10-11,15,18-23,25-27H2,2-4H3. The molecule has 1 aliphatic carbocycles. The fourth-order valence-corrected chi connectivity index (χ4v) is 7.49. The van der Waals surface area contributed by atoms with Crippen molar-refractivity contribution in [3.63, 3.8) is 0 Å². The molecule has 3 unspecified atom stereocenters. The zero-order valence-corrected chi connectivity index (χ0v) is 25.9. The Morgan fingerprint density at radius 1 is 1.12 bits per heavy atom. The Morgan fingerprint density at radius 2 is 1.90 bits per heavy atom. The van der Waals surface area contributed by atoms with Crippen LogP contribution in [0.4, 0.5) is 0 Å². The van der Waals surface area contributed by atoms with Gasteiger partial charge in [0.25, 0.3) is 0 Å². The van der Waals surface area contributed by atoms with Gasteiger partial charge >= 0.3 is 5.97 Å². The molecular formula is C36H50N2O4. The molecule has 1 saturated carbocycles. The van der Waals surface area contributed by atoms with Gasteiger partial charge in [0.2, 0.25) is 5.91 Å². The van der Waals surface area contributed by atoms with Gasteiger partial charge in [-0.3, -0.25) is 14.5 Å². The van der Waals surface area contributed by atoms with E-state index in [-0.39, 0.29) is 23.7 Å². The van der Waals surface area contributed by atoms with Crippen LogP contribution in [-0.2, 0) is 26.2 Å². The van der Waals surface area contributed by atoms with E-state index >= 15 is 0 Å². The topological polar surface area (TPSA) is 70.1 Å². The number of rotatable bonds is 13. The molecule has 228 valence electrons. The van der Waals surface area contributed by atoms with Gasteiger partial charge in [0, 0.05) is 44.4 Å². The number of benzene rings is 2. The van der Waals surface area contributed by atoms with Crippen LogP contribution >= 0.6 is 0 Å². The van der Waals surface area contributed by atoms with Crippen LogP contribution in [0.15, 0.2) is 67.3 Å². The number of phenolic OH excluding ortho intramolecular Hbond substituents is 1. The second kappa shape index (κ2) is 14.4. The van der Waals surface area contributed by atoms with Crippen LogP contribution in [0.5, 0.6) is 5.75 Å². The van der Waals surface area contributed by atoms with Crippen molar-refractivity contribution in [1.82, 2.24) is 9.80 Å². The van der Waals surface area contributed by atoms with E-state index in [2.05, 4.69) is 60.6 Å². The fourth-order valence-electron chi connectivity index (χ4n) is 7.49. The van der Waals surface area contributed by atoms with E-state index in [0.717, 1.165) is 57.2 Å². The number of aryl methyl sites for hydroxylation is 1. The first kappa shape index (κ1) is 31.8. The number of carbonyl (C=O) groups is 2. The number of likely N-dealkylation sites (tertiary alicyclic amines) is 1. The van der Waals surface area contributed by atoms with Crippen molar-refractivity contribution in [2.75, 3.05) is 26.2 Å². The number of hydrogen-bond acceptors (Lipinski definition) is 5. The molecule has 0 aromatic heterocycles. The molecule has 42 heavy (non-hydrogen) atoms. The summed E-state index contributed by atoms with van der Waals surface area (Å²) in [7, 11) is 0. The summed E-state index contributed by atoms with van der Waals surface area (Å²) in [6.07, 6.45) is 9.42. The summed E-state index contributed by atoms with van der Waals surface area (Å²) < 4.78 is 6.35. The molecule has 6 heteroatoms. The first-order valence-corrected chi connectivity index (χ1v) is 15.8. The lowest BCUT2D eigenvalue weighted by atomic mass is 9.54. The van der Waals surface area contributed by atoms with Gasteiger partial charge in [-0.1, -0.05) is 68.8 Å². The number of esters is 1. The van der Waals surface area contributed by atoms with Gasteiger partial charge < -0.3 is 14.7 Å². The Morgan fingerprint density at radius 3 is 2.60 bits per heavy atom. The largest absolute Gasteiger partial charge is 0.508 e. The first-order chi connectivity index (χ1) is 20.2. The summed E-state index contributed by atoms with van der Waals surface area (Å²) in [6, 6.07) is 18.0. The number of carbonyl (C=O) groups excluding carboxylic acids is 2. The highest BCUT2D eigenvalue weighted by Gasteiger charge is 2.61. The molecule has 6 nitrogen and oxygen atoms in total. The van der Waals surface area contributed by atoms with E-state index in [9.17, 15) is 14.7 Å². The van der Waals surface area contributed by atoms with Crippen molar-refractivity contribution in [2.24, 2.45) is 5.92 Å². The average Bonchev–Trinajstić information content (AvgIpc) is 2.95. The van der Waals surface area contributed by atoms with Crippen LogP contribution < -0.4 is 0 Å². The van der Waals surface area contributed by atoms with Crippen molar-refractivity contribution < 1.29 is 19.4 Å². The molecule has 1 aliphatic heterocycles. The Balaban J connectivity index is 1.57. The molecule has 2 aromatic carbocycles. The maximum Gasteiger partial charge on any atom is 0.303 e. The molecule has 3 atom stereocenters. The fraction of sp³-hybridized carbons (Fsp3) is 0.556. The molecule has 1 amide bonds. The summed E-state index contributed by atoms with van der Waals surface area (Å²) in [4.78, 5) is 30.9. The Kier molecular flexibility index (Phi) is 10.9. The number of hydrogen-bond donors (Lipinski definition) is 1. The summed E-state index contributed by atoms with van der Waals surface area (Å²) in [5.74, 6) is 0.491. The molecule has 4 rings (SSSR count). The number of nitrogens with zero attached hydrogens (tertiary/aromatic N) is 2. The van der Waals surface area contributed by atoms with Crippen LogP contribution in [0.25, 0.3) is 0 Å². The molecule has 1 N–H and O–H groups in total.